The molecule has 0 spiro atoms. The number of carbonyl (C=O) groups excluding carboxylic acids is 1. The Balaban J connectivity index is 1.36. The molecule has 0 aliphatic heterocycles. The van der Waals surface area contributed by atoms with Crippen LogP contribution in [0.3, 0.4) is 0 Å². The lowest BCUT2D eigenvalue weighted by Crippen LogP contribution is -2.21. The van der Waals surface area contributed by atoms with E-state index in [1.807, 2.05) is 56.3 Å². The van der Waals surface area contributed by atoms with E-state index < -0.39 is 5.97 Å². The highest BCUT2D eigenvalue weighted by molar-refractivity contribution is 5.91. The molecule has 0 radical (unpaired) electrons. The van der Waals surface area contributed by atoms with Gasteiger partial charge in [-0.2, -0.15) is 20.5 Å². The summed E-state index contributed by atoms with van der Waals surface area (Å²) in [4.78, 5) is 14.6. The third kappa shape index (κ3) is 6.97. The Bertz CT molecular complexity index is 1420. The van der Waals surface area contributed by atoms with Crippen molar-refractivity contribution >= 4 is 34.4 Å². The number of aryl methyl sites for hydroxylation is 2. The molecule has 4 aromatic carbocycles. The van der Waals surface area contributed by atoms with Crippen LogP contribution < -0.4 is 9.64 Å². The molecular weight excluding hydrogens is 474 g/mol. The summed E-state index contributed by atoms with van der Waals surface area (Å²) in [6.07, 6.45) is 0. The second kappa shape index (κ2) is 12.5. The number of ether oxygens (including phenoxy) is 1. The summed E-state index contributed by atoms with van der Waals surface area (Å²) < 4.78 is 5.44. The van der Waals surface area contributed by atoms with E-state index in [1.54, 1.807) is 36.4 Å². The fourth-order valence-corrected chi connectivity index (χ4v) is 3.80. The maximum atomic E-state index is 12.3. The largest absolute Gasteiger partial charge is 0.423 e. The number of nitrogens with zero attached hydrogens (tertiary/aromatic N) is 5. The highest BCUT2D eigenvalue weighted by Gasteiger charge is 2.08. The smallest absolute Gasteiger partial charge is 0.343 e. The predicted molar refractivity (Wildman–Crippen MR) is 152 cm³/mol. The Kier molecular flexibility index (Phi) is 8.72. The fraction of sp³-hybridized carbons (Fsp3) is 0.194. The Morgan fingerprint density at radius 3 is 1.84 bits per heavy atom. The molecule has 0 aromatic heterocycles. The number of hydrogen-bond donors (Lipinski definition) is 0. The van der Waals surface area contributed by atoms with Gasteiger partial charge in [0.15, 0.2) is 0 Å². The van der Waals surface area contributed by atoms with Gasteiger partial charge < -0.3 is 9.64 Å². The number of benzene rings is 4. The van der Waals surface area contributed by atoms with Gasteiger partial charge in [0.2, 0.25) is 0 Å². The van der Waals surface area contributed by atoms with Gasteiger partial charge in [-0.1, -0.05) is 17.7 Å². The van der Waals surface area contributed by atoms with Gasteiger partial charge in [0.05, 0.1) is 28.3 Å². The maximum Gasteiger partial charge on any atom is 0.343 e. The lowest BCUT2D eigenvalue weighted by atomic mass is 10.1. The van der Waals surface area contributed by atoms with Crippen LogP contribution in [0, 0.1) is 13.8 Å². The van der Waals surface area contributed by atoms with Gasteiger partial charge in [0, 0.05) is 18.8 Å². The molecule has 0 unspecified atom stereocenters. The average Bonchev–Trinajstić information content (AvgIpc) is 2.94. The van der Waals surface area contributed by atoms with E-state index in [9.17, 15) is 4.79 Å². The van der Waals surface area contributed by atoms with Crippen molar-refractivity contribution in [2.24, 2.45) is 20.5 Å². The Hall–Kier alpha value is -4.65. The Morgan fingerprint density at radius 1 is 0.684 bits per heavy atom. The van der Waals surface area contributed by atoms with Crippen LogP contribution in [0.15, 0.2) is 111 Å². The lowest BCUT2D eigenvalue weighted by Gasteiger charge is -2.20. The van der Waals surface area contributed by atoms with Gasteiger partial charge in [0.1, 0.15) is 5.75 Å². The third-order valence-corrected chi connectivity index (χ3v) is 6.05. The van der Waals surface area contributed by atoms with Crippen molar-refractivity contribution in [2.75, 3.05) is 18.0 Å². The quantitative estimate of drug-likeness (QED) is 0.129. The molecule has 0 aliphatic carbocycles. The molecule has 0 N–H and O–H groups in total. The minimum Gasteiger partial charge on any atom is -0.423 e. The summed E-state index contributed by atoms with van der Waals surface area (Å²) in [6.45, 7) is 10.2. The van der Waals surface area contributed by atoms with E-state index >= 15 is 0 Å². The van der Waals surface area contributed by atoms with Crippen LogP contribution in [-0.2, 0) is 0 Å². The molecule has 0 atom stereocenters. The SMILES string of the molecule is CCN(CC)c1ccc(N=Nc2ccc(N=Nc3ccc(OC(=O)c4ccc(C)cc4)cc3)c(C)c2)cc1. The molecule has 0 heterocycles. The number of hydrogen-bond acceptors (Lipinski definition) is 7. The van der Waals surface area contributed by atoms with Crippen molar-refractivity contribution in [1.82, 2.24) is 0 Å². The lowest BCUT2D eigenvalue weighted by molar-refractivity contribution is 0.0735. The van der Waals surface area contributed by atoms with Crippen molar-refractivity contribution in [3.05, 3.63) is 108 Å². The van der Waals surface area contributed by atoms with Crippen molar-refractivity contribution in [3.8, 4) is 5.75 Å². The van der Waals surface area contributed by atoms with E-state index in [2.05, 4.69) is 51.3 Å². The van der Waals surface area contributed by atoms with Crippen molar-refractivity contribution in [1.29, 1.82) is 0 Å². The van der Waals surface area contributed by atoms with Crippen LogP contribution in [0.25, 0.3) is 0 Å². The second-order valence-electron chi connectivity index (χ2n) is 8.81. The number of esters is 1. The minimum atomic E-state index is -0.399. The van der Waals surface area contributed by atoms with Crippen molar-refractivity contribution in [3.63, 3.8) is 0 Å². The van der Waals surface area contributed by atoms with E-state index in [0.29, 0.717) is 17.0 Å². The highest BCUT2D eigenvalue weighted by atomic mass is 16.5. The first-order chi connectivity index (χ1) is 18.4. The third-order valence-electron chi connectivity index (χ3n) is 6.05. The van der Waals surface area contributed by atoms with Crippen LogP contribution in [0.4, 0.5) is 28.4 Å². The number of rotatable bonds is 9. The van der Waals surface area contributed by atoms with Gasteiger partial charge in [-0.25, -0.2) is 4.79 Å². The van der Waals surface area contributed by atoms with Gasteiger partial charge in [-0.05, 0) is 112 Å². The van der Waals surface area contributed by atoms with Crippen LogP contribution in [-0.4, -0.2) is 19.1 Å². The molecule has 0 amide bonds. The molecule has 4 rings (SSSR count). The second-order valence-corrected chi connectivity index (χ2v) is 8.81. The molecule has 0 bridgehead atoms. The summed E-state index contributed by atoms with van der Waals surface area (Å²) in [5.41, 5.74) is 6.64. The highest BCUT2D eigenvalue weighted by Crippen LogP contribution is 2.28. The van der Waals surface area contributed by atoms with E-state index in [1.165, 1.54) is 5.69 Å². The van der Waals surface area contributed by atoms with Crippen LogP contribution in [0.5, 0.6) is 5.75 Å². The maximum absolute atomic E-state index is 12.3. The molecular formula is C31H31N5O2. The molecule has 38 heavy (non-hydrogen) atoms. The van der Waals surface area contributed by atoms with Gasteiger partial charge in [0.25, 0.3) is 0 Å². The first kappa shape index (κ1) is 26.4. The number of carbonyl (C=O) groups is 1. The van der Waals surface area contributed by atoms with Gasteiger partial charge in [-0.15, -0.1) is 0 Å². The zero-order valence-corrected chi connectivity index (χ0v) is 22.1. The monoisotopic (exact) mass is 505 g/mol. The first-order valence-corrected chi connectivity index (χ1v) is 12.6. The van der Waals surface area contributed by atoms with Crippen LogP contribution >= 0.6 is 0 Å². The fourth-order valence-electron chi connectivity index (χ4n) is 3.80. The van der Waals surface area contributed by atoms with Gasteiger partial charge in [-0.3, -0.25) is 0 Å². The van der Waals surface area contributed by atoms with Crippen molar-refractivity contribution < 1.29 is 9.53 Å². The molecule has 192 valence electrons. The summed E-state index contributed by atoms with van der Waals surface area (Å²) in [5, 5.41) is 17.4. The topological polar surface area (TPSA) is 79.0 Å². The molecule has 7 heteroatoms. The standard InChI is InChI=1S/C31H31N5O2/c1-5-36(6-2)28-16-11-25(12-17-28)32-34-27-15-20-30(23(4)21-27)35-33-26-13-18-29(19-14-26)38-31(37)24-9-7-22(3)8-10-24/h7-21H,5-6H2,1-4H3. The molecule has 4 aromatic rings. The molecule has 0 aliphatic rings. The zero-order valence-electron chi connectivity index (χ0n) is 22.1. The molecule has 0 fully saturated rings. The van der Waals surface area contributed by atoms with E-state index in [4.69, 9.17) is 4.74 Å². The molecule has 0 saturated heterocycles. The average molecular weight is 506 g/mol. The first-order valence-electron chi connectivity index (χ1n) is 12.6. The summed E-state index contributed by atoms with van der Waals surface area (Å²) in [5.74, 6) is 0.0481. The van der Waals surface area contributed by atoms with E-state index in [-0.39, 0.29) is 0 Å². The Morgan fingerprint density at radius 2 is 1.24 bits per heavy atom. The Labute approximate surface area is 223 Å². The minimum absolute atomic E-state index is 0.399. The number of azo groups is 2. The van der Waals surface area contributed by atoms with Crippen molar-refractivity contribution in [2.45, 2.75) is 27.7 Å². The zero-order chi connectivity index (χ0) is 26.9. The molecule has 7 nitrogen and oxygen atoms in total. The summed E-state index contributed by atoms with van der Waals surface area (Å²) in [7, 11) is 0. The normalized spacial score (nSPS) is 11.3. The van der Waals surface area contributed by atoms with Gasteiger partial charge >= 0.3 is 5.97 Å². The number of anilines is 1. The van der Waals surface area contributed by atoms with Crippen LogP contribution in [0.1, 0.15) is 35.3 Å². The summed E-state index contributed by atoms with van der Waals surface area (Å²) >= 11 is 0. The van der Waals surface area contributed by atoms with E-state index in [0.717, 1.165) is 41.3 Å². The molecule has 0 saturated carbocycles. The van der Waals surface area contributed by atoms with Crippen LogP contribution in [0.2, 0.25) is 0 Å². The predicted octanol–water partition coefficient (Wildman–Crippen LogP) is 9.20. The summed E-state index contributed by atoms with van der Waals surface area (Å²) in [6, 6.07) is 27.9.